The summed E-state index contributed by atoms with van der Waals surface area (Å²) in [5, 5.41) is 0. The number of fused-ring (bicyclic) bond motifs is 1. The van der Waals surface area contributed by atoms with Gasteiger partial charge < -0.3 is 0 Å². The molecule has 0 spiro atoms. The van der Waals surface area contributed by atoms with E-state index in [0.29, 0.717) is 5.69 Å². The van der Waals surface area contributed by atoms with Crippen molar-refractivity contribution in [1.29, 1.82) is 0 Å². The van der Waals surface area contributed by atoms with E-state index in [1.807, 2.05) is 41.8 Å². The zero-order chi connectivity index (χ0) is 12.5. The van der Waals surface area contributed by atoms with Gasteiger partial charge in [0.1, 0.15) is 11.5 Å². The summed E-state index contributed by atoms with van der Waals surface area (Å²) in [5.74, 6) is 0.762. The maximum Gasteiger partial charge on any atom is 0.170 e. The Labute approximate surface area is 104 Å². The predicted octanol–water partition coefficient (Wildman–Crippen LogP) is 2.52. The molecule has 3 rings (SSSR count). The van der Waals surface area contributed by atoms with E-state index in [9.17, 15) is 4.79 Å². The number of carbonyl (C=O) groups excluding carboxylic acids is 1. The lowest BCUT2D eigenvalue weighted by Gasteiger charge is -2.02. The van der Waals surface area contributed by atoms with Gasteiger partial charge >= 0.3 is 0 Å². The minimum atomic E-state index is 0.472. The molecule has 0 aliphatic heterocycles. The number of hydrogen-bond acceptors (Lipinski definition) is 3. The Morgan fingerprint density at radius 2 is 2.00 bits per heavy atom. The Bertz CT molecular complexity index is 716. The zero-order valence-corrected chi connectivity index (χ0v) is 9.87. The SMILES string of the molecule is Cc1cccn2c(-c3ccncc3)nc(C=O)c12. The summed E-state index contributed by atoms with van der Waals surface area (Å²) in [4.78, 5) is 19.5. The van der Waals surface area contributed by atoms with Crippen LogP contribution in [0.5, 0.6) is 0 Å². The fourth-order valence-corrected chi connectivity index (χ4v) is 2.13. The molecule has 18 heavy (non-hydrogen) atoms. The molecule has 0 atom stereocenters. The van der Waals surface area contributed by atoms with Crippen LogP contribution < -0.4 is 0 Å². The van der Waals surface area contributed by atoms with Gasteiger partial charge in [0.05, 0.1) is 5.52 Å². The van der Waals surface area contributed by atoms with Gasteiger partial charge in [-0.15, -0.1) is 0 Å². The topological polar surface area (TPSA) is 47.3 Å². The number of carbonyl (C=O) groups is 1. The van der Waals surface area contributed by atoms with Gasteiger partial charge in [0, 0.05) is 24.2 Å². The third-order valence-corrected chi connectivity index (χ3v) is 2.94. The fraction of sp³-hybridized carbons (Fsp3) is 0.0714. The van der Waals surface area contributed by atoms with Gasteiger partial charge in [0.2, 0.25) is 0 Å². The molecule has 0 aromatic carbocycles. The maximum absolute atomic E-state index is 11.1. The Hall–Kier alpha value is -2.49. The van der Waals surface area contributed by atoms with Crippen molar-refractivity contribution < 1.29 is 4.79 Å². The first kappa shape index (κ1) is 10.7. The number of pyridine rings is 2. The van der Waals surface area contributed by atoms with Crippen molar-refractivity contribution in [3.05, 3.63) is 54.1 Å². The van der Waals surface area contributed by atoms with Crippen LogP contribution in [0.25, 0.3) is 16.9 Å². The van der Waals surface area contributed by atoms with Crippen LogP contribution in [0.2, 0.25) is 0 Å². The predicted molar refractivity (Wildman–Crippen MR) is 68.5 cm³/mol. The van der Waals surface area contributed by atoms with Crippen molar-refractivity contribution in [2.75, 3.05) is 0 Å². The molecule has 3 heterocycles. The van der Waals surface area contributed by atoms with Crippen LogP contribution in [0.15, 0.2) is 42.9 Å². The summed E-state index contributed by atoms with van der Waals surface area (Å²) in [5.41, 5.74) is 3.31. The Kier molecular flexibility index (Phi) is 2.41. The molecular formula is C14H11N3O. The Morgan fingerprint density at radius 1 is 1.22 bits per heavy atom. The normalized spacial score (nSPS) is 10.7. The van der Waals surface area contributed by atoms with Gasteiger partial charge in [-0.2, -0.15) is 0 Å². The number of aromatic nitrogens is 3. The first-order valence-electron chi connectivity index (χ1n) is 5.64. The summed E-state index contributed by atoms with van der Waals surface area (Å²) < 4.78 is 1.94. The minimum absolute atomic E-state index is 0.472. The smallest absolute Gasteiger partial charge is 0.170 e. The summed E-state index contributed by atoms with van der Waals surface area (Å²) in [7, 11) is 0. The van der Waals surface area contributed by atoms with Gasteiger partial charge in [0.15, 0.2) is 6.29 Å². The molecule has 0 fully saturated rings. The van der Waals surface area contributed by atoms with Gasteiger partial charge in [-0.3, -0.25) is 14.2 Å². The second kappa shape index (κ2) is 4.07. The Morgan fingerprint density at radius 3 is 2.72 bits per heavy atom. The summed E-state index contributed by atoms with van der Waals surface area (Å²) in [6, 6.07) is 7.68. The zero-order valence-electron chi connectivity index (χ0n) is 9.87. The second-order valence-electron chi connectivity index (χ2n) is 4.08. The van der Waals surface area contributed by atoms with E-state index in [-0.39, 0.29) is 0 Å². The molecule has 0 amide bonds. The van der Waals surface area contributed by atoms with Gasteiger partial charge in [-0.25, -0.2) is 4.98 Å². The van der Waals surface area contributed by atoms with Crippen molar-refractivity contribution in [2.24, 2.45) is 0 Å². The molecule has 4 heteroatoms. The van der Waals surface area contributed by atoms with Crippen LogP contribution in [0, 0.1) is 6.92 Å². The first-order chi connectivity index (χ1) is 8.81. The largest absolute Gasteiger partial charge is 0.299 e. The van der Waals surface area contributed by atoms with Crippen molar-refractivity contribution >= 4 is 11.8 Å². The average molecular weight is 237 g/mol. The third kappa shape index (κ3) is 1.50. The monoisotopic (exact) mass is 237 g/mol. The highest BCUT2D eigenvalue weighted by Crippen LogP contribution is 2.23. The van der Waals surface area contributed by atoms with Crippen LogP contribution >= 0.6 is 0 Å². The van der Waals surface area contributed by atoms with Crippen LogP contribution in [0.1, 0.15) is 16.1 Å². The van der Waals surface area contributed by atoms with Crippen molar-refractivity contribution in [1.82, 2.24) is 14.4 Å². The van der Waals surface area contributed by atoms with E-state index >= 15 is 0 Å². The van der Waals surface area contributed by atoms with E-state index in [1.165, 1.54) is 0 Å². The first-order valence-corrected chi connectivity index (χ1v) is 5.64. The molecule has 3 aromatic rings. The lowest BCUT2D eigenvalue weighted by molar-refractivity contribution is 0.112. The standard InChI is InChI=1S/C14H11N3O/c1-10-3-2-8-17-13(10)12(9-18)16-14(17)11-4-6-15-7-5-11/h2-9H,1H3. The molecule has 0 saturated heterocycles. The fourth-order valence-electron chi connectivity index (χ4n) is 2.13. The van der Waals surface area contributed by atoms with Gasteiger partial charge in [0.25, 0.3) is 0 Å². The third-order valence-electron chi connectivity index (χ3n) is 2.94. The van der Waals surface area contributed by atoms with Crippen LogP contribution in [-0.2, 0) is 0 Å². The Balaban J connectivity index is 2.38. The van der Waals surface area contributed by atoms with E-state index < -0.39 is 0 Å². The van der Waals surface area contributed by atoms with E-state index in [1.54, 1.807) is 12.4 Å². The lowest BCUT2D eigenvalue weighted by atomic mass is 10.2. The summed E-state index contributed by atoms with van der Waals surface area (Å²) in [6.45, 7) is 1.97. The van der Waals surface area contributed by atoms with Crippen molar-refractivity contribution in [2.45, 2.75) is 6.92 Å². The number of nitrogens with zero attached hydrogens (tertiary/aromatic N) is 3. The highest BCUT2D eigenvalue weighted by molar-refractivity contribution is 5.87. The molecule has 0 unspecified atom stereocenters. The molecule has 0 aliphatic carbocycles. The van der Waals surface area contributed by atoms with Crippen LogP contribution in [-0.4, -0.2) is 20.7 Å². The van der Waals surface area contributed by atoms with Crippen molar-refractivity contribution in [3.63, 3.8) is 0 Å². The lowest BCUT2D eigenvalue weighted by Crippen LogP contribution is -1.90. The number of hydrogen-bond donors (Lipinski definition) is 0. The maximum atomic E-state index is 11.1. The van der Waals surface area contributed by atoms with Crippen molar-refractivity contribution in [3.8, 4) is 11.4 Å². The van der Waals surface area contributed by atoms with E-state index in [2.05, 4.69) is 9.97 Å². The molecule has 0 N–H and O–H groups in total. The highest BCUT2D eigenvalue weighted by Gasteiger charge is 2.13. The number of rotatable bonds is 2. The molecular weight excluding hydrogens is 226 g/mol. The second-order valence-corrected chi connectivity index (χ2v) is 4.08. The van der Waals surface area contributed by atoms with Gasteiger partial charge in [-0.1, -0.05) is 6.07 Å². The van der Waals surface area contributed by atoms with Crippen LogP contribution in [0.4, 0.5) is 0 Å². The summed E-state index contributed by atoms with van der Waals surface area (Å²) >= 11 is 0. The molecule has 0 saturated carbocycles. The van der Waals surface area contributed by atoms with E-state index in [4.69, 9.17) is 0 Å². The highest BCUT2D eigenvalue weighted by atomic mass is 16.1. The molecule has 0 aliphatic rings. The molecule has 0 radical (unpaired) electrons. The molecule has 0 bridgehead atoms. The van der Waals surface area contributed by atoms with Gasteiger partial charge in [-0.05, 0) is 30.7 Å². The summed E-state index contributed by atoms with van der Waals surface area (Å²) in [6.07, 6.45) is 6.14. The molecule has 3 aromatic heterocycles. The average Bonchev–Trinajstić information content (AvgIpc) is 2.80. The molecule has 4 nitrogen and oxygen atoms in total. The quantitative estimate of drug-likeness (QED) is 0.643. The number of imidazole rings is 1. The van der Waals surface area contributed by atoms with Crippen LogP contribution in [0.3, 0.4) is 0 Å². The number of aryl methyl sites for hydroxylation is 1. The minimum Gasteiger partial charge on any atom is -0.299 e. The molecule has 88 valence electrons. The van der Waals surface area contributed by atoms with E-state index in [0.717, 1.165) is 28.8 Å². The number of aldehydes is 1.